The van der Waals surface area contributed by atoms with Crippen LogP contribution < -0.4 is 0 Å². The van der Waals surface area contributed by atoms with Crippen molar-refractivity contribution in [3.05, 3.63) is 34.6 Å². The van der Waals surface area contributed by atoms with Crippen molar-refractivity contribution in [1.82, 2.24) is 9.80 Å². The number of carbonyl (C=O) groups excluding carboxylic acids is 1. The standard InChI is InChI=1S/C17H22ClFN2O2/c18-14-10-13(4-5-15(14)19)16(22)21-9-3-6-17(23,12-21)11-20-7-1-2-8-20/h4-5,10,23H,1-3,6-9,11-12H2. The molecule has 1 unspecified atom stereocenters. The topological polar surface area (TPSA) is 43.8 Å². The van der Waals surface area contributed by atoms with Crippen molar-refractivity contribution in [2.24, 2.45) is 0 Å². The van der Waals surface area contributed by atoms with Gasteiger partial charge < -0.3 is 14.9 Å². The number of carbonyl (C=O) groups is 1. The summed E-state index contributed by atoms with van der Waals surface area (Å²) in [7, 11) is 0. The van der Waals surface area contributed by atoms with Crippen LogP contribution in [-0.2, 0) is 0 Å². The van der Waals surface area contributed by atoms with Crippen LogP contribution in [0.1, 0.15) is 36.0 Å². The third kappa shape index (κ3) is 3.84. The molecule has 1 N–H and O–H groups in total. The summed E-state index contributed by atoms with van der Waals surface area (Å²) in [5, 5.41) is 10.8. The molecule has 1 amide bonds. The predicted molar refractivity (Wildman–Crippen MR) is 87.2 cm³/mol. The van der Waals surface area contributed by atoms with Crippen LogP contribution in [0.15, 0.2) is 18.2 Å². The van der Waals surface area contributed by atoms with Gasteiger partial charge in [0.05, 0.1) is 17.2 Å². The van der Waals surface area contributed by atoms with E-state index in [4.69, 9.17) is 11.6 Å². The van der Waals surface area contributed by atoms with E-state index in [1.54, 1.807) is 4.90 Å². The lowest BCUT2D eigenvalue weighted by Gasteiger charge is -2.41. The van der Waals surface area contributed by atoms with Crippen molar-refractivity contribution < 1.29 is 14.3 Å². The van der Waals surface area contributed by atoms with Crippen LogP contribution >= 0.6 is 11.6 Å². The summed E-state index contributed by atoms with van der Waals surface area (Å²) in [6.07, 6.45) is 3.82. The number of piperidine rings is 1. The van der Waals surface area contributed by atoms with Crippen LogP contribution in [0.5, 0.6) is 0 Å². The zero-order valence-corrected chi connectivity index (χ0v) is 13.9. The normalized spacial score (nSPS) is 25.8. The summed E-state index contributed by atoms with van der Waals surface area (Å²) in [4.78, 5) is 16.5. The van der Waals surface area contributed by atoms with Gasteiger partial charge in [0.25, 0.3) is 5.91 Å². The first-order chi connectivity index (χ1) is 11.0. The van der Waals surface area contributed by atoms with Crippen LogP contribution in [0, 0.1) is 5.82 Å². The van der Waals surface area contributed by atoms with Crippen LogP contribution in [0.25, 0.3) is 0 Å². The number of likely N-dealkylation sites (tertiary alicyclic amines) is 2. The number of rotatable bonds is 3. The molecule has 2 aliphatic heterocycles. The summed E-state index contributed by atoms with van der Waals surface area (Å²) in [5.41, 5.74) is -0.496. The van der Waals surface area contributed by atoms with Crippen LogP contribution in [0.2, 0.25) is 5.02 Å². The maximum absolute atomic E-state index is 13.3. The molecule has 2 aliphatic rings. The Balaban J connectivity index is 1.69. The predicted octanol–water partition coefficient (Wildman–Crippen LogP) is 2.54. The number of hydrogen-bond acceptors (Lipinski definition) is 3. The second kappa shape index (κ2) is 6.75. The smallest absolute Gasteiger partial charge is 0.254 e. The molecule has 4 nitrogen and oxygen atoms in total. The molecule has 0 bridgehead atoms. The van der Waals surface area contributed by atoms with Gasteiger partial charge in [0.2, 0.25) is 0 Å². The van der Waals surface area contributed by atoms with Crippen molar-refractivity contribution in [3.63, 3.8) is 0 Å². The first kappa shape index (κ1) is 16.7. The minimum atomic E-state index is -0.859. The molecule has 0 aliphatic carbocycles. The van der Waals surface area contributed by atoms with Gasteiger partial charge in [-0.3, -0.25) is 4.79 Å². The summed E-state index contributed by atoms with van der Waals surface area (Å²) in [6.45, 7) is 3.57. The maximum Gasteiger partial charge on any atom is 0.254 e. The Bertz CT molecular complexity index is 592. The number of halogens is 2. The second-order valence-electron chi connectivity index (χ2n) is 6.67. The van der Waals surface area contributed by atoms with E-state index in [1.165, 1.54) is 31.0 Å². The molecule has 6 heteroatoms. The SMILES string of the molecule is O=C(c1ccc(F)c(Cl)c1)N1CCCC(O)(CN2CCCC2)C1. The lowest BCUT2D eigenvalue weighted by atomic mass is 9.91. The lowest BCUT2D eigenvalue weighted by molar-refractivity contribution is -0.0431. The second-order valence-corrected chi connectivity index (χ2v) is 7.07. The average molecular weight is 341 g/mol. The fourth-order valence-electron chi connectivity index (χ4n) is 3.58. The van der Waals surface area contributed by atoms with Gasteiger partial charge in [0.1, 0.15) is 5.82 Å². The fraction of sp³-hybridized carbons (Fsp3) is 0.588. The summed E-state index contributed by atoms with van der Waals surface area (Å²) >= 11 is 5.76. The van der Waals surface area contributed by atoms with E-state index in [1.807, 2.05) is 0 Å². The van der Waals surface area contributed by atoms with Gasteiger partial charge in [-0.05, 0) is 57.0 Å². The molecule has 3 rings (SSSR count). The van der Waals surface area contributed by atoms with Crippen molar-refractivity contribution in [3.8, 4) is 0 Å². The van der Waals surface area contributed by atoms with Crippen molar-refractivity contribution in [2.75, 3.05) is 32.7 Å². The lowest BCUT2D eigenvalue weighted by Crippen LogP contribution is -2.55. The molecule has 0 aromatic heterocycles. The Hall–Kier alpha value is -1.17. The molecule has 1 aromatic rings. The van der Waals surface area contributed by atoms with Gasteiger partial charge in [-0.1, -0.05) is 11.6 Å². The number of aliphatic hydroxyl groups is 1. The highest BCUT2D eigenvalue weighted by atomic mass is 35.5. The molecule has 0 spiro atoms. The Morgan fingerprint density at radius 3 is 2.70 bits per heavy atom. The highest BCUT2D eigenvalue weighted by molar-refractivity contribution is 6.31. The average Bonchev–Trinajstić information content (AvgIpc) is 3.01. The molecular formula is C17H22ClFN2O2. The van der Waals surface area contributed by atoms with Crippen LogP contribution in [-0.4, -0.2) is 59.1 Å². The molecule has 1 atom stereocenters. The van der Waals surface area contributed by atoms with Gasteiger partial charge in [-0.25, -0.2) is 4.39 Å². The third-order valence-corrected chi connectivity index (χ3v) is 5.02. The first-order valence-electron chi connectivity index (χ1n) is 8.16. The van der Waals surface area contributed by atoms with E-state index in [9.17, 15) is 14.3 Å². The zero-order chi connectivity index (χ0) is 16.4. The van der Waals surface area contributed by atoms with E-state index >= 15 is 0 Å². The zero-order valence-electron chi connectivity index (χ0n) is 13.1. The van der Waals surface area contributed by atoms with Gasteiger partial charge in [0, 0.05) is 18.7 Å². The molecule has 2 heterocycles. The van der Waals surface area contributed by atoms with Crippen molar-refractivity contribution in [1.29, 1.82) is 0 Å². The number of β-amino-alcohol motifs (C(OH)–C–C–N with tert-alkyl or cyclic N) is 1. The highest BCUT2D eigenvalue weighted by Crippen LogP contribution is 2.26. The van der Waals surface area contributed by atoms with Gasteiger partial charge >= 0.3 is 0 Å². The van der Waals surface area contributed by atoms with Crippen molar-refractivity contribution >= 4 is 17.5 Å². The quantitative estimate of drug-likeness (QED) is 0.919. The molecule has 23 heavy (non-hydrogen) atoms. The van der Waals surface area contributed by atoms with Crippen LogP contribution in [0.4, 0.5) is 4.39 Å². The first-order valence-corrected chi connectivity index (χ1v) is 8.54. The maximum atomic E-state index is 13.3. The summed E-state index contributed by atoms with van der Waals surface area (Å²) < 4.78 is 13.3. The summed E-state index contributed by atoms with van der Waals surface area (Å²) in [6, 6.07) is 4.00. The van der Waals surface area contributed by atoms with E-state index in [0.29, 0.717) is 31.6 Å². The molecule has 2 fully saturated rings. The van der Waals surface area contributed by atoms with E-state index in [0.717, 1.165) is 19.5 Å². The summed E-state index contributed by atoms with van der Waals surface area (Å²) in [5.74, 6) is -0.737. The van der Waals surface area contributed by atoms with Gasteiger partial charge in [-0.2, -0.15) is 0 Å². The Morgan fingerprint density at radius 2 is 2.00 bits per heavy atom. The molecule has 0 radical (unpaired) electrons. The van der Waals surface area contributed by atoms with Crippen LogP contribution in [0.3, 0.4) is 0 Å². The third-order valence-electron chi connectivity index (χ3n) is 4.73. The van der Waals surface area contributed by atoms with E-state index < -0.39 is 11.4 Å². The monoisotopic (exact) mass is 340 g/mol. The van der Waals surface area contributed by atoms with E-state index in [-0.39, 0.29) is 10.9 Å². The minimum absolute atomic E-state index is 0.0554. The van der Waals surface area contributed by atoms with Gasteiger partial charge in [0.15, 0.2) is 0 Å². The van der Waals surface area contributed by atoms with E-state index in [2.05, 4.69) is 4.90 Å². The molecule has 0 saturated carbocycles. The number of amides is 1. The number of benzene rings is 1. The largest absolute Gasteiger partial charge is 0.387 e. The molecule has 1 aromatic carbocycles. The minimum Gasteiger partial charge on any atom is -0.387 e. The Labute approximate surface area is 140 Å². The van der Waals surface area contributed by atoms with Gasteiger partial charge in [-0.15, -0.1) is 0 Å². The highest BCUT2D eigenvalue weighted by Gasteiger charge is 2.37. The Kier molecular flexibility index (Phi) is 4.90. The number of nitrogens with zero attached hydrogens (tertiary/aromatic N) is 2. The molecule has 2 saturated heterocycles. The number of hydrogen-bond donors (Lipinski definition) is 1. The fourth-order valence-corrected chi connectivity index (χ4v) is 3.76. The Morgan fingerprint density at radius 1 is 1.26 bits per heavy atom. The molecule has 126 valence electrons. The molecular weight excluding hydrogens is 319 g/mol. The van der Waals surface area contributed by atoms with Crippen molar-refractivity contribution in [2.45, 2.75) is 31.3 Å².